The molecule has 1 aliphatic carbocycles. The number of rotatable bonds is 8. The zero-order chi connectivity index (χ0) is 19.1. The van der Waals surface area contributed by atoms with Gasteiger partial charge in [0, 0.05) is 24.8 Å². The van der Waals surface area contributed by atoms with E-state index in [0.717, 1.165) is 67.9 Å². The second-order valence-corrected chi connectivity index (χ2v) is 9.53. The first-order chi connectivity index (χ1) is 12.9. The van der Waals surface area contributed by atoms with E-state index in [-0.39, 0.29) is 11.0 Å². The van der Waals surface area contributed by atoms with Crippen LogP contribution in [0.5, 0.6) is 0 Å². The van der Waals surface area contributed by atoms with Gasteiger partial charge in [-0.15, -0.1) is 0 Å². The lowest BCUT2D eigenvalue weighted by atomic mass is 9.93. The van der Waals surface area contributed by atoms with Gasteiger partial charge in [-0.05, 0) is 49.1 Å². The Balaban J connectivity index is 1.29. The lowest BCUT2D eigenvalue weighted by Gasteiger charge is -2.24. The Kier molecular flexibility index (Phi) is 4.80. The predicted octanol–water partition coefficient (Wildman–Crippen LogP) is 2.45. The van der Waals surface area contributed by atoms with Crippen molar-refractivity contribution < 1.29 is 9.90 Å². The van der Waals surface area contributed by atoms with Crippen LogP contribution in [0.4, 0.5) is 0 Å². The van der Waals surface area contributed by atoms with Gasteiger partial charge in [0.15, 0.2) is 0 Å². The van der Waals surface area contributed by atoms with Crippen molar-refractivity contribution in [2.75, 3.05) is 24.6 Å². The van der Waals surface area contributed by atoms with E-state index in [0.29, 0.717) is 5.52 Å². The fraction of sp³-hybridized carbons (Fsp3) is 0.632. The van der Waals surface area contributed by atoms with Crippen LogP contribution >= 0.6 is 11.8 Å². The topological polar surface area (TPSA) is 102 Å². The molecule has 3 N–H and O–H groups in total. The largest absolute Gasteiger partial charge is 0.481 e. The molecule has 2 fully saturated rings. The maximum atomic E-state index is 11.8. The summed E-state index contributed by atoms with van der Waals surface area (Å²) >= 11 is 1.89. The average Bonchev–Trinajstić information content (AvgIpc) is 3.19. The number of H-pyrrole nitrogens is 2. The molecule has 2 aromatic heterocycles. The first-order valence-electron chi connectivity index (χ1n) is 9.48. The highest BCUT2D eigenvalue weighted by molar-refractivity contribution is 7.99. The van der Waals surface area contributed by atoms with Gasteiger partial charge in [-0.2, -0.15) is 11.8 Å². The van der Waals surface area contributed by atoms with Crippen molar-refractivity contribution >= 4 is 28.8 Å². The number of aromatic nitrogens is 3. The number of likely N-dealkylation sites (tertiary alicyclic amines) is 1. The predicted molar refractivity (Wildman–Crippen MR) is 106 cm³/mol. The summed E-state index contributed by atoms with van der Waals surface area (Å²) in [6, 6.07) is 0. The lowest BCUT2D eigenvalue weighted by molar-refractivity contribution is -0.143. The summed E-state index contributed by atoms with van der Waals surface area (Å²) in [6.45, 7) is 5.16. The zero-order valence-electron chi connectivity index (χ0n) is 15.6. The SMILES string of the molecule is C[C@@]1(CSCCC2(C(=O)O)CC2)CCN(Cc2c[nH]c3c(=O)[nH]cnc23)C1. The van der Waals surface area contributed by atoms with Crippen molar-refractivity contribution in [3.8, 4) is 0 Å². The second-order valence-electron chi connectivity index (χ2n) is 8.43. The lowest BCUT2D eigenvalue weighted by Crippen LogP contribution is -2.27. The van der Waals surface area contributed by atoms with Crippen molar-refractivity contribution in [3.05, 3.63) is 28.4 Å². The molecule has 0 aromatic carbocycles. The van der Waals surface area contributed by atoms with Crippen molar-refractivity contribution in [1.29, 1.82) is 0 Å². The van der Waals surface area contributed by atoms with Gasteiger partial charge in [-0.1, -0.05) is 6.92 Å². The molecule has 1 saturated heterocycles. The number of carbonyl (C=O) groups is 1. The van der Waals surface area contributed by atoms with Crippen molar-refractivity contribution in [2.24, 2.45) is 10.8 Å². The van der Waals surface area contributed by atoms with Gasteiger partial charge < -0.3 is 15.1 Å². The van der Waals surface area contributed by atoms with Crippen LogP contribution in [0.1, 0.15) is 38.2 Å². The fourth-order valence-electron chi connectivity index (χ4n) is 4.05. The third-order valence-corrected chi connectivity index (χ3v) is 7.46. The summed E-state index contributed by atoms with van der Waals surface area (Å²) in [5, 5.41) is 9.27. The number of hydrogen-bond donors (Lipinski definition) is 3. The van der Waals surface area contributed by atoms with Gasteiger partial charge in [-0.3, -0.25) is 14.5 Å². The molecule has 7 nitrogen and oxygen atoms in total. The van der Waals surface area contributed by atoms with E-state index in [2.05, 4.69) is 26.8 Å². The first-order valence-corrected chi connectivity index (χ1v) is 10.6. The summed E-state index contributed by atoms with van der Waals surface area (Å²) in [6.07, 6.45) is 6.96. The van der Waals surface area contributed by atoms with Crippen LogP contribution in [0.15, 0.2) is 17.3 Å². The van der Waals surface area contributed by atoms with Crippen LogP contribution in [0.3, 0.4) is 0 Å². The Bertz CT molecular complexity index is 904. The highest BCUT2D eigenvalue weighted by Crippen LogP contribution is 2.49. The van der Waals surface area contributed by atoms with E-state index in [9.17, 15) is 14.7 Å². The Hall–Kier alpha value is -1.80. The number of carboxylic acids is 1. The molecular formula is C19H26N4O3S. The van der Waals surface area contributed by atoms with E-state index in [1.54, 1.807) is 0 Å². The van der Waals surface area contributed by atoms with E-state index >= 15 is 0 Å². The third kappa shape index (κ3) is 3.78. The Morgan fingerprint density at radius 3 is 2.93 bits per heavy atom. The fourth-order valence-corrected chi connectivity index (χ4v) is 5.46. The molecular weight excluding hydrogens is 364 g/mol. The maximum absolute atomic E-state index is 11.8. The minimum absolute atomic E-state index is 0.135. The standard InChI is InChI=1S/C19H26N4O3S/c1-18(11-27-7-5-19(2-3-19)17(25)26)4-6-23(10-18)9-13-8-20-15-14(13)21-12-22-16(15)24/h8,12,20H,2-7,9-11H2,1H3,(H,25,26)(H,21,22,24)/t18-/m1/s1. The molecule has 1 saturated carbocycles. The Morgan fingerprint density at radius 1 is 1.37 bits per heavy atom. The minimum atomic E-state index is -0.618. The normalized spacial score (nSPS) is 24.5. The van der Waals surface area contributed by atoms with Gasteiger partial charge in [0.2, 0.25) is 0 Å². The number of nitrogens with one attached hydrogen (secondary N) is 2. The maximum Gasteiger partial charge on any atom is 0.309 e. The van der Waals surface area contributed by atoms with Crippen LogP contribution in [-0.4, -0.2) is 55.5 Å². The van der Waals surface area contributed by atoms with Crippen molar-refractivity contribution in [1.82, 2.24) is 19.9 Å². The number of nitrogens with zero attached hydrogens (tertiary/aromatic N) is 2. The molecule has 1 atom stereocenters. The van der Waals surface area contributed by atoms with Crippen LogP contribution in [0.2, 0.25) is 0 Å². The van der Waals surface area contributed by atoms with E-state index in [1.807, 2.05) is 18.0 Å². The molecule has 0 amide bonds. The number of aliphatic carboxylic acids is 1. The number of carboxylic acid groups (broad SMARTS) is 1. The monoisotopic (exact) mass is 390 g/mol. The molecule has 4 rings (SSSR count). The molecule has 0 bridgehead atoms. The average molecular weight is 391 g/mol. The van der Waals surface area contributed by atoms with Gasteiger partial charge in [-0.25, -0.2) is 4.98 Å². The summed E-state index contributed by atoms with van der Waals surface area (Å²) < 4.78 is 0. The molecule has 2 aromatic rings. The molecule has 2 aliphatic rings. The van der Waals surface area contributed by atoms with E-state index in [1.165, 1.54) is 6.33 Å². The molecule has 3 heterocycles. The van der Waals surface area contributed by atoms with Crippen molar-refractivity contribution in [3.63, 3.8) is 0 Å². The highest BCUT2D eigenvalue weighted by atomic mass is 32.2. The van der Waals surface area contributed by atoms with Crippen LogP contribution in [-0.2, 0) is 11.3 Å². The quantitative estimate of drug-likeness (QED) is 0.599. The third-order valence-electron chi connectivity index (χ3n) is 6.06. The zero-order valence-corrected chi connectivity index (χ0v) is 16.4. The van der Waals surface area contributed by atoms with E-state index < -0.39 is 11.4 Å². The molecule has 1 aliphatic heterocycles. The molecule has 27 heavy (non-hydrogen) atoms. The molecule has 8 heteroatoms. The van der Waals surface area contributed by atoms with Gasteiger partial charge in [0.05, 0.1) is 17.3 Å². The minimum Gasteiger partial charge on any atom is -0.481 e. The van der Waals surface area contributed by atoms with Crippen LogP contribution in [0, 0.1) is 10.8 Å². The van der Waals surface area contributed by atoms with Gasteiger partial charge in [0.1, 0.15) is 5.52 Å². The number of hydrogen-bond acceptors (Lipinski definition) is 5. The molecule has 146 valence electrons. The molecule has 0 radical (unpaired) electrons. The van der Waals surface area contributed by atoms with Crippen LogP contribution in [0.25, 0.3) is 11.0 Å². The smallest absolute Gasteiger partial charge is 0.309 e. The van der Waals surface area contributed by atoms with E-state index in [4.69, 9.17) is 0 Å². The highest BCUT2D eigenvalue weighted by Gasteiger charge is 2.49. The number of thioether (sulfide) groups is 1. The summed E-state index contributed by atoms with van der Waals surface area (Å²) in [4.78, 5) is 35.4. The van der Waals surface area contributed by atoms with Crippen LogP contribution < -0.4 is 5.56 Å². The molecule has 0 spiro atoms. The Morgan fingerprint density at radius 2 is 2.19 bits per heavy atom. The van der Waals surface area contributed by atoms with Gasteiger partial charge in [0.25, 0.3) is 5.56 Å². The summed E-state index contributed by atoms with van der Waals surface area (Å²) in [5.74, 6) is 1.37. The first kappa shape index (κ1) is 18.6. The molecule has 0 unspecified atom stereocenters. The number of aromatic amines is 2. The second kappa shape index (κ2) is 6.98. The summed E-state index contributed by atoms with van der Waals surface area (Å²) in [5.41, 5.74) is 2.06. The number of fused-ring (bicyclic) bond motifs is 1. The summed E-state index contributed by atoms with van der Waals surface area (Å²) in [7, 11) is 0. The Labute approximate surface area is 161 Å². The van der Waals surface area contributed by atoms with Gasteiger partial charge >= 0.3 is 5.97 Å². The van der Waals surface area contributed by atoms with Crippen molar-refractivity contribution in [2.45, 2.75) is 39.2 Å².